The van der Waals surface area contributed by atoms with E-state index in [0.29, 0.717) is 17.8 Å². The van der Waals surface area contributed by atoms with Crippen molar-refractivity contribution in [3.63, 3.8) is 0 Å². The molecule has 0 spiro atoms. The molecule has 2 heteroatoms. The summed E-state index contributed by atoms with van der Waals surface area (Å²) in [6.07, 6.45) is 3.05. The number of benzene rings is 2. The summed E-state index contributed by atoms with van der Waals surface area (Å²) in [5, 5.41) is 13.6. The number of hydrogen-bond acceptors (Lipinski definition) is 2. The van der Waals surface area contributed by atoms with Gasteiger partial charge in [-0.05, 0) is 48.9 Å². The quantitative estimate of drug-likeness (QED) is 0.890. The predicted molar refractivity (Wildman–Crippen MR) is 81.9 cm³/mol. The van der Waals surface area contributed by atoms with E-state index in [1.165, 1.54) is 11.1 Å². The maximum absolute atomic E-state index is 9.88. The normalized spacial score (nSPS) is 19.4. The SMILES string of the molecule is C[C@H](N[C@@H]1CCc2c(O)cccc2C1)c1ccccc1. The van der Waals surface area contributed by atoms with Crippen molar-refractivity contribution in [1.82, 2.24) is 5.32 Å². The van der Waals surface area contributed by atoms with Gasteiger partial charge in [-0.25, -0.2) is 0 Å². The highest BCUT2D eigenvalue weighted by atomic mass is 16.3. The molecule has 2 nitrogen and oxygen atoms in total. The molecular weight excluding hydrogens is 246 g/mol. The van der Waals surface area contributed by atoms with Crippen LogP contribution in [-0.2, 0) is 12.8 Å². The fourth-order valence-electron chi connectivity index (χ4n) is 3.12. The van der Waals surface area contributed by atoms with Crippen molar-refractivity contribution >= 4 is 0 Å². The van der Waals surface area contributed by atoms with Crippen LogP contribution in [0.15, 0.2) is 48.5 Å². The minimum Gasteiger partial charge on any atom is -0.508 e. The maximum Gasteiger partial charge on any atom is 0.119 e. The van der Waals surface area contributed by atoms with Crippen LogP contribution in [0.25, 0.3) is 0 Å². The Morgan fingerprint density at radius 3 is 2.70 bits per heavy atom. The Morgan fingerprint density at radius 1 is 1.10 bits per heavy atom. The zero-order valence-corrected chi connectivity index (χ0v) is 11.8. The molecule has 0 aliphatic heterocycles. The summed E-state index contributed by atoms with van der Waals surface area (Å²) in [6.45, 7) is 2.22. The second-order valence-electron chi connectivity index (χ2n) is 5.65. The molecule has 0 unspecified atom stereocenters. The van der Waals surface area contributed by atoms with Gasteiger partial charge in [-0.2, -0.15) is 0 Å². The van der Waals surface area contributed by atoms with Crippen molar-refractivity contribution in [2.24, 2.45) is 0 Å². The van der Waals surface area contributed by atoms with Gasteiger partial charge in [-0.15, -0.1) is 0 Å². The zero-order chi connectivity index (χ0) is 13.9. The van der Waals surface area contributed by atoms with Crippen LogP contribution in [0.2, 0.25) is 0 Å². The lowest BCUT2D eigenvalue weighted by molar-refractivity contribution is 0.402. The summed E-state index contributed by atoms with van der Waals surface area (Å²) >= 11 is 0. The van der Waals surface area contributed by atoms with Gasteiger partial charge in [-0.3, -0.25) is 0 Å². The molecule has 2 N–H and O–H groups in total. The van der Waals surface area contributed by atoms with E-state index in [-0.39, 0.29) is 0 Å². The molecule has 0 heterocycles. The summed E-state index contributed by atoms with van der Waals surface area (Å²) in [5.41, 5.74) is 3.75. The summed E-state index contributed by atoms with van der Waals surface area (Å²) in [5.74, 6) is 0.456. The first-order valence-electron chi connectivity index (χ1n) is 7.35. The van der Waals surface area contributed by atoms with Crippen LogP contribution in [0.1, 0.15) is 36.1 Å². The van der Waals surface area contributed by atoms with Crippen LogP contribution in [0.5, 0.6) is 5.75 Å². The molecule has 2 aromatic rings. The molecule has 2 aromatic carbocycles. The van der Waals surface area contributed by atoms with Crippen molar-refractivity contribution < 1.29 is 5.11 Å². The molecule has 0 fully saturated rings. The molecule has 0 aromatic heterocycles. The van der Waals surface area contributed by atoms with E-state index in [1.54, 1.807) is 6.07 Å². The molecule has 3 rings (SSSR count). The standard InChI is InChI=1S/C18H21NO/c1-13(14-6-3-2-4-7-14)19-16-10-11-17-15(12-16)8-5-9-18(17)20/h2-9,13,16,19-20H,10-12H2,1H3/t13-,16+/m0/s1. The minimum absolute atomic E-state index is 0.361. The fourth-order valence-corrected chi connectivity index (χ4v) is 3.12. The first-order valence-corrected chi connectivity index (χ1v) is 7.35. The van der Waals surface area contributed by atoms with Gasteiger partial charge in [0.2, 0.25) is 0 Å². The fraction of sp³-hybridized carbons (Fsp3) is 0.333. The molecule has 20 heavy (non-hydrogen) atoms. The van der Waals surface area contributed by atoms with Crippen LogP contribution in [0.4, 0.5) is 0 Å². The Hall–Kier alpha value is -1.80. The van der Waals surface area contributed by atoms with Crippen molar-refractivity contribution in [3.05, 3.63) is 65.2 Å². The van der Waals surface area contributed by atoms with Crippen LogP contribution in [0, 0.1) is 0 Å². The molecule has 1 aliphatic rings. The van der Waals surface area contributed by atoms with Gasteiger partial charge in [0.1, 0.15) is 5.75 Å². The van der Waals surface area contributed by atoms with Crippen LogP contribution < -0.4 is 5.32 Å². The summed E-state index contributed by atoms with van der Waals surface area (Å²) in [6, 6.07) is 17.3. The largest absolute Gasteiger partial charge is 0.508 e. The van der Waals surface area contributed by atoms with Crippen LogP contribution in [0.3, 0.4) is 0 Å². The smallest absolute Gasteiger partial charge is 0.119 e. The summed E-state index contributed by atoms with van der Waals surface area (Å²) in [4.78, 5) is 0. The van der Waals surface area contributed by atoms with Crippen LogP contribution in [-0.4, -0.2) is 11.1 Å². The minimum atomic E-state index is 0.361. The first kappa shape index (κ1) is 13.2. The highest BCUT2D eigenvalue weighted by molar-refractivity contribution is 5.41. The highest BCUT2D eigenvalue weighted by Gasteiger charge is 2.21. The monoisotopic (exact) mass is 267 g/mol. The number of rotatable bonds is 3. The third-order valence-corrected chi connectivity index (χ3v) is 4.24. The lowest BCUT2D eigenvalue weighted by Gasteiger charge is -2.29. The molecule has 104 valence electrons. The number of hydrogen-bond donors (Lipinski definition) is 2. The summed E-state index contributed by atoms with van der Waals surface area (Å²) < 4.78 is 0. The lowest BCUT2D eigenvalue weighted by atomic mass is 9.87. The first-order chi connectivity index (χ1) is 9.74. The molecule has 0 amide bonds. The van der Waals surface area contributed by atoms with Gasteiger partial charge in [-0.1, -0.05) is 42.5 Å². The maximum atomic E-state index is 9.88. The molecular formula is C18H21NO. The Labute approximate surface area is 120 Å². The molecule has 0 bridgehead atoms. The Kier molecular flexibility index (Phi) is 3.75. The zero-order valence-electron chi connectivity index (χ0n) is 11.8. The van der Waals surface area contributed by atoms with Gasteiger partial charge < -0.3 is 10.4 Å². The number of fused-ring (bicyclic) bond motifs is 1. The predicted octanol–water partition coefficient (Wildman–Crippen LogP) is 3.60. The van der Waals surface area contributed by atoms with Crippen molar-refractivity contribution in [1.29, 1.82) is 0 Å². The molecule has 0 saturated heterocycles. The van der Waals surface area contributed by atoms with E-state index < -0.39 is 0 Å². The molecule has 2 atom stereocenters. The van der Waals surface area contributed by atoms with E-state index in [4.69, 9.17) is 0 Å². The summed E-state index contributed by atoms with van der Waals surface area (Å²) in [7, 11) is 0. The third-order valence-electron chi connectivity index (χ3n) is 4.24. The van der Waals surface area contributed by atoms with E-state index >= 15 is 0 Å². The van der Waals surface area contributed by atoms with Gasteiger partial charge >= 0.3 is 0 Å². The second kappa shape index (κ2) is 5.68. The number of phenolic OH excluding ortho intramolecular Hbond substituents is 1. The number of nitrogens with one attached hydrogen (secondary N) is 1. The van der Waals surface area contributed by atoms with E-state index in [9.17, 15) is 5.11 Å². The Morgan fingerprint density at radius 2 is 1.90 bits per heavy atom. The molecule has 0 saturated carbocycles. The highest BCUT2D eigenvalue weighted by Crippen LogP contribution is 2.29. The number of aromatic hydroxyl groups is 1. The van der Waals surface area contributed by atoms with E-state index in [0.717, 1.165) is 24.8 Å². The van der Waals surface area contributed by atoms with E-state index in [1.807, 2.05) is 6.07 Å². The Balaban J connectivity index is 1.69. The van der Waals surface area contributed by atoms with Gasteiger partial charge in [0.25, 0.3) is 0 Å². The Bertz CT molecular complexity index is 579. The topological polar surface area (TPSA) is 32.3 Å². The van der Waals surface area contributed by atoms with E-state index in [2.05, 4.69) is 48.6 Å². The van der Waals surface area contributed by atoms with Gasteiger partial charge in [0.15, 0.2) is 0 Å². The number of phenols is 1. The van der Waals surface area contributed by atoms with Crippen molar-refractivity contribution in [2.45, 2.75) is 38.3 Å². The third kappa shape index (κ3) is 2.70. The molecule has 0 radical (unpaired) electrons. The average Bonchev–Trinajstić information content (AvgIpc) is 2.48. The van der Waals surface area contributed by atoms with Crippen LogP contribution >= 0.6 is 0 Å². The van der Waals surface area contributed by atoms with Crippen molar-refractivity contribution in [2.75, 3.05) is 0 Å². The lowest BCUT2D eigenvalue weighted by Crippen LogP contribution is -2.36. The second-order valence-corrected chi connectivity index (χ2v) is 5.65. The van der Waals surface area contributed by atoms with Gasteiger partial charge in [0, 0.05) is 12.1 Å². The molecule has 1 aliphatic carbocycles. The van der Waals surface area contributed by atoms with Gasteiger partial charge in [0.05, 0.1) is 0 Å². The average molecular weight is 267 g/mol. The van der Waals surface area contributed by atoms with Crippen molar-refractivity contribution in [3.8, 4) is 5.75 Å².